The second-order valence-electron chi connectivity index (χ2n) is 3.62. The van der Waals surface area contributed by atoms with Crippen molar-refractivity contribution in [2.75, 3.05) is 26.3 Å². The molecule has 1 aliphatic rings. The molecule has 1 aromatic rings. The van der Waals surface area contributed by atoms with Crippen molar-refractivity contribution in [3.8, 4) is 0 Å². The number of ether oxygens (including phenoxy) is 1. The number of nitrogens with zero attached hydrogens (tertiary/aromatic N) is 2. The van der Waals surface area contributed by atoms with Gasteiger partial charge in [-0.2, -0.15) is 0 Å². The number of benzene rings is 1. The highest BCUT2D eigenvalue weighted by atomic mass is 35.5. The number of nitro benzene ring substituents is 1. The summed E-state index contributed by atoms with van der Waals surface area (Å²) in [5.41, 5.74) is -0.128. The second kappa shape index (κ2) is 6.08. The molecule has 0 aliphatic carbocycles. The van der Waals surface area contributed by atoms with Crippen molar-refractivity contribution in [3.05, 3.63) is 32.3 Å². The molecular formula is C10H10Cl2N2O3S. The molecule has 0 aromatic heterocycles. The Labute approximate surface area is 118 Å². The molecule has 0 saturated carbocycles. The molecule has 18 heavy (non-hydrogen) atoms. The maximum atomic E-state index is 10.8. The second-order valence-corrected chi connectivity index (χ2v) is 5.58. The Hall–Kier alpha value is -0.530. The van der Waals surface area contributed by atoms with Gasteiger partial charge in [-0.1, -0.05) is 23.2 Å². The van der Waals surface area contributed by atoms with Crippen LogP contribution < -0.4 is 0 Å². The first-order valence-electron chi connectivity index (χ1n) is 5.22. The predicted molar refractivity (Wildman–Crippen MR) is 71.4 cm³/mol. The van der Waals surface area contributed by atoms with Gasteiger partial charge in [-0.15, -0.1) is 0 Å². The van der Waals surface area contributed by atoms with Crippen LogP contribution in [0.15, 0.2) is 17.0 Å². The Kier molecular flexibility index (Phi) is 4.69. The Morgan fingerprint density at radius 2 is 1.94 bits per heavy atom. The van der Waals surface area contributed by atoms with Gasteiger partial charge in [-0.3, -0.25) is 10.1 Å². The SMILES string of the molecule is O=[N+]([O-])c1cc(SN2CCOCC2)c(Cl)cc1Cl. The van der Waals surface area contributed by atoms with E-state index in [2.05, 4.69) is 4.31 Å². The van der Waals surface area contributed by atoms with Crippen molar-refractivity contribution < 1.29 is 9.66 Å². The lowest BCUT2D eigenvalue weighted by Crippen LogP contribution is -2.30. The van der Waals surface area contributed by atoms with E-state index in [1.54, 1.807) is 0 Å². The van der Waals surface area contributed by atoms with Gasteiger partial charge >= 0.3 is 0 Å². The molecule has 8 heteroatoms. The molecule has 0 N–H and O–H groups in total. The van der Waals surface area contributed by atoms with Crippen molar-refractivity contribution in [2.24, 2.45) is 0 Å². The minimum atomic E-state index is -0.512. The van der Waals surface area contributed by atoms with Crippen molar-refractivity contribution in [3.63, 3.8) is 0 Å². The highest BCUT2D eigenvalue weighted by Crippen LogP contribution is 2.37. The fourth-order valence-electron chi connectivity index (χ4n) is 1.51. The lowest BCUT2D eigenvalue weighted by Gasteiger charge is -2.25. The van der Waals surface area contributed by atoms with Gasteiger partial charge in [0.15, 0.2) is 0 Å². The van der Waals surface area contributed by atoms with Crippen LogP contribution in [-0.4, -0.2) is 35.5 Å². The molecule has 0 amide bonds. The van der Waals surface area contributed by atoms with E-state index in [0.29, 0.717) is 23.1 Å². The van der Waals surface area contributed by atoms with Gasteiger partial charge in [0.05, 0.1) is 23.2 Å². The molecule has 2 rings (SSSR count). The number of morpholine rings is 1. The molecule has 0 bridgehead atoms. The highest BCUT2D eigenvalue weighted by Gasteiger charge is 2.19. The van der Waals surface area contributed by atoms with Crippen LogP contribution in [-0.2, 0) is 4.74 Å². The number of hydrogen-bond acceptors (Lipinski definition) is 5. The first kappa shape index (κ1) is 13.9. The molecule has 5 nitrogen and oxygen atoms in total. The van der Waals surface area contributed by atoms with Gasteiger partial charge in [0, 0.05) is 24.1 Å². The summed E-state index contributed by atoms with van der Waals surface area (Å²) in [6.07, 6.45) is 0. The zero-order valence-corrected chi connectivity index (χ0v) is 11.6. The highest BCUT2D eigenvalue weighted by molar-refractivity contribution is 7.97. The van der Waals surface area contributed by atoms with Crippen LogP contribution in [0.3, 0.4) is 0 Å². The molecule has 0 unspecified atom stereocenters. The topological polar surface area (TPSA) is 55.6 Å². The first-order chi connectivity index (χ1) is 8.58. The average Bonchev–Trinajstić information content (AvgIpc) is 2.33. The van der Waals surface area contributed by atoms with E-state index in [0.717, 1.165) is 13.1 Å². The molecule has 1 aromatic carbocycles. The third-order valence-corrected chi connectivity index (χ3v) is 4.28. The summed E-state index contributed by atoms with van der Waals surface area (Å²) in [5.74, 6) is 0. The molecule has 0 atom stereocenters. The molecular weight excluding hydrogens is 299 g/mol. The third kappa shape index (κ3) is 3.27. The molecule has 98 valence electrons. The summed E-state index contributed by atoms with van der Waals surface area (Å²) in [4.78, 5) is 10.9. The third-order valence-electron chi connectivity index (χ3n) is 2.40. The number of rotatable bonds is 3. The summed E-state index contributed by atoms with van der Waals surface area (Å²) in [6, 6.07) is 2.81. The Balaban J connectivity index is 2.21. The molecule has 1 aliphatic heterocycles. The zero-order valence-electron chi connectivity index (χ0n) is 9.27. The van der Waals surface area contributed by atoms with Gasteiger partial charge in [0.1, 0.15) is 5.02 Å². The average molecular weight is 309 g/mol. The predicted octanol–water partition coefficient (Wildman–Crippen LogP) is 3.24. The molecule has 0 radical (unpaired) electrons. The fourth-order valence-corrected chi connectivity index (χ4v) is 2.98. The Morgan fingerprint density at radius 1 is 1.28 bits per heavy atom. The van der Waals surface area contributed by atoms with Crippen LogP contribution in [0.1, 0.15) is 0 Å². The van der Waals surface area contributed by atoms with Crippen molar-refractivity contribution >= 4 is 40.8 Å². The number of hydrogen-bond donors (Lipinski definition) is 0. The van der Waals surface area contributed by atoms with Gasteiger partial charge in [0.25, 0.3) is 5.69 Å². The summed E-state index contributed by atoms with van der Waals surface area (Å²) in [5, 5.41) is 11.3. The van der Waals surface area contributed by atoms with Crippen LogP contribution in [0.2, 0.25) is 10.0 Å². The lowest BCUT2D eigenvalue weighted by atomic mass is 10.3. The van der Waals surface area contributed by atoms with Crippen LogP contribution in [0.4, 0.5) is 5.69 Å². The van der Waals surface area contributed by atoms with Crippen molar-refractivity contribution in [2.45, 2.75) is 4.90 Å². The summed E-state index contributed by atoms with van der Waals surface area (Å²) < 4.78 is 7.29. The zero-order chi connectivity index (χ0) is 13.1. The fraction of sp³-hybridized carbons (Fsp3) is 0.400. The minimum absolute atomic E-state index is 0.0522. The lowest BCUT2D eigenvalue weighted by molar-refractivity contribution is -0.384. The maximum absolute atomic E-state index is 10.8. The van der Waals surface area contributed by atoms with Crippen LogP contribution in [0.5, 0.6) is 0 Å². The normalized spacial score (nSPS) is 16.8. The van der Waals surface area contributed by atoms with Gasteiger partial charge in [0.2, 0.25) is 0 Å². The first-order valence-corrected chi connectivity index (χ1v) is 6.75. The van der Waals surface area contributed by atoms with Crippen molar-refractivity contribution in [1.82, 2.24) is 4.31 Å². The maximum Gasteiger partial charge on any atom is 0.289 e. The molecule has 1 saturated heterocycles. The van der Waals surface area contributed by atoms with E-state index in [-0.39, 0.29) is 10.7 Å². The summed E-state index contributed by atoms with van der Waals surface area (Å²) >= 11 is 13.2. The largest absolute Gasteiger partial charge is 0.379 e. The number of halogens is 2. The van der Waals surface area contributed by atoms with E-state index in [1.807, 2.05) is 0 Å². The smallest absolute Gasteiger partial charge is 0.289 e. The van der Waals surface area contributed by atoms with Crippen LogP contribution in [0, 0.1) is 10.1 Å². The number of nitro groups is 1. The van der Waals surface area contributed by atoms with E-state index >= 15 is 0 Å². The summed E-state index contributed by atoms with van der Waals surface area (Å²) in [7, 11) is 0. The Bertz CT molecular complexity index is 467. The van der Waals surface area contributed by atoms with E-state index in [9.17, 15) is 10.1 Å². The van der Waals surface area contributed by atoms with Crippen molar-refractivity contribution in [1.29, 1.82) is 0 Å². The van der Waals surface area contributed by atoms with Crippen LogP contribution >= 0.6 is 35.1 Å². The molecule has 0 spiro atoms. The van der Waals surface area contributed by atoms with E-state index in [4.69, 9.17) is 27.9 Å². The standard InChI is InChI=1S/C10H10Cl2N2O3S/c11-7-5-8(12)10(6-9(7)14(15)16)18-13-1-3-17-4-2-13/h5-6H,1-4H2. The van der Waals surface area contributed by atoms with Crippen LogP contribution in [0.25, 0.3) is 0 Å². The minimum Gasteiger partial charge on any atom is -0.379 e. The molecule has 1 heterocycles. The van der Waals surface area contributed by atoms with Gasteiger partial charge in [-0.05, 0) is 18.0 Å². The van der Waals surface area contributed by atoms with Gasteiger partial charge in [-0.25, -0.2) is 4.31 Å². The van der Waals surface area contributed by atoms with E-state index < -0.39 is 4.92 Å². The summed E-state index contributed by atoms with van der Waals surface area (Å²) in [6.45, 7) is 2.83. The molecule has 1 fully saturated rings. The van der Waals surface area contributed by atoms with Gasteiger partial charge < -0.3 is 4.74 Å². The monoisotopic (exact) mass is 308 g/mol. The Morgan fingerprint density at radius 3 is 2.56 bits per heavy atom. The quantitative estimate of drug-likeness (QED) is 0.487. The van der Waals surface area contributed by atoms with E-state index in [1.165, 1.54) is 24.1 Å².